The van der Waals surface area contributed by atoms with Crippen molar-refractivity contribution in [2.75, 3.05) is 35.0 Å². The van der Waals surface area contributed by atoms with Gasteiger partial charge in [0.25, 0.3) is 0 Å². The summed E-state index contributed by atoms with van der Waals surface area (Å²) < 4.78 is 8.05. The van der Waals surface area contributed by atoms with Crippen LogP contribution >= 0.6 is 7.92 Å². The molecule has 2 amide bonds. The van der Waals surface area contributed by atoms with Gasteiger partial charge in [0.05, 0.1) is 17.1 Å². The SMILES string of the molecule is Cc1cc(Nc2nccc(Oc3ccc(NC(=O)Nc4cc(C(C)(C)C)nn4-c4cccc(P(C)C)c4)c4ccccc34)n2)cc(C=N)c1N.O.[HH].[HH].[HH].[HH]. The van der Waals surface area contributed by atoms with Gasteiger partial charge in [-0.3, -0.25) is 5.32 Å². The molecule has 2 heterocycles. The summed E-state index contributed by atoms with van der Waals surface area (Å²) in [4.78, 5) is 22.4. The average Bonchev–Trinajstić information content (AvgIpc) is 3.52. The maximum absolute atomic E-state index is 13.6. The normalized spacial score (nSPS) is 11.2. The highest BCUT2D eigenvalue weighted by molar-refractivity contribution is 7.64. The molecule has 0 aliphatic heterocycles. The molecule has 6 rings (SSSR count). The number of amides is 2. The lowest BCUT2D eigenvalue weighted by Crippen LogP contribution is -2.21. The highest BCUT2D eigenvalue weighted by Crippen LogP contribution is 2.35. The fraction of sp³-hybridized carbons (Fsp3) is 0.184. The largest absolute Gasteiger partial charge is 0.438 e. The third-order valence-corrected chi connectivity index (χ3v) is 9.43. The topological polar surface area (TPSA) is 187 Å². The van der Waals surface area contributed by atoms with Gasteiger partial charge < -0.3 is 32.0 Å². The molecule has 51 heavy (non-hydrogen) atoms. The summed E-state index contributed by atoms with van der Waals surface area (Å²) in [6.45, 7) is 12.6. The van der Waals surface area contributed by atoms with Crippen LogP contribution in [0.15, 0.2) is 91.1 Å². The number of rotatable bonds is 9. The van der Waals surface area contributed by atoms with E-state index in [2.05, 4.69) is 72.2 Å². The van der Waals surface area contributed by atoms with E-state index in [4.69, 9.17) is 21.0 Å². The number of aromatic nitrogens is 4. The smallest absolute Gasteiger partial charge is 0.324 e. The fourth-order valence-electron chi connectivity index (χ4n) is 5.39. The molecule has 4 aromatic carbocycles. The number of carbonyl (C=O) groups excluding carboxylic acids is 1. The Morgan fingerprint density at radius 1 is 0.980 bits per heavy atom. The zero-order valence-electron chi connectivity index (χ0n) is 29.4. The minimum Gasteiger partial charge on any atom is -0.438 e. The maximum Gasteiger partial charge on any atom is 0.324 e. The van der Waals surface area contributed by atoms with Crippen LogP contribution in [0.4, 0.5) is 33.6 Å². The molecular formula is C38H50N9O3P. The molecule has 8 N–H and O–H groups in total. The Labute approximate surface area is 304 Å². The van der Waals surface area contributed by atoms with Crippen LogP contribution in [0.5, 0.6) is 11.6 Å². The van der Waals surface area contributed by atoms with E-state index in [9.17, 15) is 4.79 Å². The van der Waals surface area contributed by atoms with Crippen LogP contribution in [0.3, 0.4) is 0 Å². The first-order valence-electron chi connectivity index (χ1n) is 16.1. The Morgan fingerprint density at radius 2 is 1.75 bits per heavy atom. The number of fused-ring (bicyclic) bond motifs is 1. The molecule has 0 radical (unpaired) electrons. The van der Waals surface area contributed by atoms with Gasteiger partial charge in [-0.15, -0.1) is 0 Å². The van der Waals surface area contributed by atoms with Crippen molar-refractivity contribution in [3.05, 3.63) is 108 Å². The molecule has 2 aromatic heterocycles. The highest BCUT2D eigenvalue weighted by atomic mass is 31.1. The Hall–Kier alpha value is -5.84. The van der Waals surface area contributed by atoms with Crippen LogP contribution in [0.2, 0.25) is 0 Å². The summed E-state index contributed by atoms with van der Waals surface area (Å²) in [5.74, 6) is 1.79. The Morgan fingerprint density at radius 3 is 2.47 bits per heavy atom. The zero-order chi connectivity index (χ0) is 35.6. The number of benzene rings is 4. The van der Waals surface area contributed by atoms with Gasteiger partial charge in [0.1, 0.15) is 11.6 Å². The molecule has 0 saturated carbocycles. The van der Waals surface area contributed by atoms with Crippen molar-refractivity contribution in [1.82, 2.24) is 19.7 Å². The number of aryl methyl sites for hydroxylation is 1. The number of hydrogen-bond acceptors (Lipinski definition) is 8. The van der Waals surface area contributed by atoms with E-state index in [1.807, 2.05) is 55.5 Å². The first-order chi connectivity index (χ1) is 23.9. The summed E-state index contributed by atoms with van der Waals surface area (Å²) in [5, 5.41) is 24.6. The molecule has 0 saturated heterocycles. The average molecular weight is 712 g/mol. The van der Waals surface area contributed by atoms with Crippen LogP contribution in [-0.4, -0.2) is 50.8 Å². The van der Waals surface area contributed by atoms with Crippen LogP contribution in [-0.2, 0) is 5.41 Å². The van der Waals surface area contributed by atoms with Crippen molar-refractivity contribution in [1.29, 1.82) is 5.41 Å². The van der Waals surface area contributed by atoms with Gasteiger partial charge in [-0.1, -0.05) is 65.1 Å². The Balaban J connectivity index is 0.00000302. The van der Waals surface area contributed by atoms with Crippen molar-refractivity contribution < 1.29 is 20.7 Å². The summed E-state index contributed by atoms with van der Waals surface area (Å²) >= 11 is 0. The van der Waals surface area contributed by atoms with Gasteiger partial charge in [0, 0.05) is 63.4 Å². The lowest BCUT2D eigenvalue weighted by atomic mass is 9.92. The lowest BCUT2D eigenvalue weighted by Gasteiger charge is -2.15. The maximum atomic E-state index is 13.6. The zero-order valence-corrected chi connectivity index (χ0v) is 30.3. The molecule has 0 spiro atoms. The molecule has 270 valence electrons. The molecule has 0 aliphatic rings. The number of nitrogens with two attached hydrogens (primary N) is 1. The molecule has 13 heteroatoms. The van der Waals surface area contributed by atoms with Crippen LogP contribution in [0.1, 0.15) is 43.3 Å². The second kappa shape index (κ2) is 15.0. The summed E-state index contributed by atoms with van der Waals surface area (Å²) in [6, 6.07) is 26.4. The van der Waals surface area contributed by atoms with Crippen LogP contribution in [0, 0.1) is 12.3 Å². The van der Waals surface area contributed by atoms with Gasteiger partial charge in [-0.2, -0.15) is 10.1 Å². The fourth-order valence-corrected chi connectivity index (χ4v) is 6.17. The highest BCUT2D eigenvalue weighted by Gasteiger charge is 2.22. The molecular weight excluding hydrogens is 661 g/mol. The summed E-state index contributed by atoms with van der Waals surface area (Å²) in [7, 11) is -0.302. The van der Waals surface area contributed by atoms with Crippen molar-refractivity contribution in [3.63, 3.8) is 0 Å². The summed E-state index contributed by atoms with van der Waals surface area (Å²) in [5.41, 5.74) is 10.9. The van der Waals surface area contributed by atoms with Crippen molar-refractivity contribution in [2.45, 2.75) is 33.1 Å². The number of nitrogens with zero attached hydrogens (tertiary/aromatic N) is 4. The minimum atomic E-state index is -0.398. The van der Waals surface area contributed by atoms with Crippen LogP contribution < -0.4 is 31.7 Å². The predicted octanol–water partition coefficient (Wildman–Crippen LogP) is 8.71. The predicted molar refractivity (Wildman–Crippen MR) is 218 cm³/mol. The Kier molecular flexibility index (Phi) is 10.7. The molecule has 0 fully saturated rings. The van der Waals surface area contributed by atoms with E-state index >= 15 is 0 Å². The van der Waals surface area contributed by atoms with E-state index in [0.29, 0.717) is 46.0 Å². The van der Waals surface area contributed by atoms with Gasteiger partial charge in [0.2, 0.25) is 11.8 Å². The van der Waals surface area contributed by atoms with E-state index in [-0.39, 0.29) is 24.5 Å². The molecule has 0 atom stereocenters. The minimum absolute atomic E-state index is 0. The van der Waals surface area contributed by atoms with Crippen molar-refractivity contribution >= 4 is 65.1 Å². The van der Waals surface area contributed by atoms with Gasteiger partial charge in [-0.05, 0) is 67.5 Å². The molecule has 6 aromatic rings. The van der Waals surface area contributed by atoms with Crippen molar-refractivity contribution in [2.24, 2.45) is 0 Å². The standard InChI is InChI=1S/C38H40N9O2P.H2O.4H2/c1-23-18-25(19-24(22-39)35(23)40)42-36-41-17-16-34(45-36)49-31-15-14-30(28-12-7-8-13-29(28)31)43-37(48)44-33-21-32(38(2,3)4)46-47(33)26-10-9-11-27(20-26)50(5)6;;;;;/h7-22,39H,40H2,1-6H3,(H,41,42,45)(H2,43,44,48);1H2;4*1H. The van der Waals surface area contributed by atoms with E-state index in [1.165, 1.54) is 11.5 Å². The first kappa shape index (κ1) is 36.4. The monoisotopic (exact) mass is 711 g/mol. The third kappa shape index (κ3) is 8.15. The summed E-state index contributed by atoms with van der Waals surface area (Å²) in [6.07, 6.45) is 2.82. The molecule has 0 aliphatic carbocycles. The van der Waals surface area contributed by atoms with Gasteiger partial charge in [0.15, 0.2) is 0 Å². The van der Waals surface area contributed by atoms with E-state index in [0.717, 1.165) is 27.7 Å². The van der Waals surface area contributed by atoms with Gasteiger partial charge >= 0.3 is 6.03 Å². The van der Waals surface area contributed by atoms with E-state index in [1.54, 1.807) is 35.1 Å². The third-order valence-electron chi connectivity index (χ3n) is 8.12. The van der Waals surface area contributed by atoms with Crippen molar-refractivity contribution in [3.8, 4) is 17.3 Å². The molecule has 0 unspecified atom stereocenters. The first-order valence-corrected chi connectivity index (χ1v) is 18.3. The number of urea groups is 1. The second-order valence-corrected chi connectivity index (χ2v) is 15.4. The van der Waals surface area contributed by atoms with Crippen LogP contribution in [0.25, 0.3) is 16.5 Å². The van der Waals surface area contributed by atoms with E-state index < -0.39 is 6.03 Å². The number of anilines is 5. The molecule has 12 nitrogen and oxygen atoms in total. The quantitative estimate of drug-likeness (QED) is 0.0563. The number of nitrogens with one attached hydrogen (secondary N) is 4. The number of ether oxygens (including phenoxy) is 1. The number of nitrogen functional groups attached to an aromatic ring is 1. The Bertz CT molecular complexity index is 2250. The second-order valence-electron chi connectivity index (χ2n) is 13.1. The van der Waals surface area contributed by atoms with Gasteiger partial charge in [-0.25, -0.2) is 14.5 Å². The lowest BCUT2D eigenvalue weighted by molar-refractivity contribution is 0.262. The number of hydrogen-bond donors (Lipinski definition) is 5. The molecule has 0 bridgehead atoms. The number of carbonyl (C=O) groups is 1.